The Labute approximate surface area is 137 Å². The molecule has 0 spiro atoms. The molecule has 23 heavy (non-hydrogen) atoms. The molecule has 0 bridgehead atoms. The molecule has 0 saturated carbocycles. The summed E-state index contributed by atoms with van der Waals surface area (Å²) >= 11 is 0. The van der Waals surface area contributed by atoms with Gasteiger partial charge in [-0.25, -0.2) is 4.79 Å². The Morgan fingerprint density at radius 3 is 2.57 bits per heavy atom. The smallest absolute Gasteiger partial charge is 0.431 e. The standard InChI is InChI=1S/C17H27NO5/c1-4-6-7-12(5-2)10-14(18(22)17(20)21)13-8-9-15(19)16(11-13)23-3/h8-9,11-12,14,19,22H,4-7,10H2,1-3H3,(H,20,21). The molecule has 6 heteroatoms. The average molecular weight is 325 g/mol. The van der Waals surface area contributed by atoms with Gasteiger partial charge in [-0.2, -0.15) is 5.06 Å². The number of hydroxylamine groups is 2. The van der Waals surface area contributed by atoms with E-state index < -0.39 is 12.1 Å². The summed E-state index contributed by atoms with van der Waals surface area (Å²) in [6.45, 7) is 4.18. The number of carbonyl (C=O) groups is 1. The minimum Gasteiger partial charge on any atom is -0.504 e. The highest BCUT2D eigenvalue weighted by molar-refractivity contribution is 5.64. The van der Waals surface area contributed by atoms with Gasteiger partial charge in [-0.1, -0.05) is 45.6 Å². The van der Waals surface area contributed by atoms with Crippen LogP contribution in [0.3, 0.4) is 0 Å². The lowest BCUT2D eigenvalue weighted by atomic mass is 9.89. The number of rotatable bonds is 9. The molecule has 0 aliphatic rings. The van der Waals surface area contributed by atoms with Crippen LogP contribution >= 0.6 is 0 Å². The summed E-state index contributed by atoms with van der Waals surface area (Å²) in [6, 6.07) is 3.94. The first-order valence-corrected chi connectivity index (χ1v) is 8.02. The van der Waals surface area contributed by atoms with Crippen LogP contribution in [0.15, 0.2) is 18.2 Å². The van der Waals surface area contributed by atoms with Crippen molar-refractivity contribution in [3.05, 3.63) is 23.8 Å². The van der Waals surface area contributed by atoms with Crippen molar-refractivity contribution in [1.29, 1.82) is 0 Å². The van der Waals surface area contributed by atoms with E-state index in [1.807, 2.05) is 0 Å². The van der Waals surface area contributed by atoms with Crippen molar-refractivity contribution >= 4 is 6.09 Å². The molecule has 0 fully saturated rings. The molecular weight excluding hydrogens is 298 g/mol. The van der Waals surface area contributed by atoms with E-state index >= 15 is 0 Å². The normalized spacial score (nSPS) is 13.4. The fourth-order valence-electron chi connectivity index (χ4n) is 2.71. The van der Waals surface area contributed by atoms with Gasteiger partial charge in [0.25, 0.3) is 0 Å². The first kappa shape index (κ1) is 19.1. The Morgan fingerprint density at radius 2 is 2.04 bits per heavy atom. The second kappa shape index (κ2) is 9.25. The monoisotopic (exact) mass is 325 g/mol. The van der Waals surface area contributed by atoms with Gasteiger partial charge in [-0.05, 0) is 30.0 Å². The molecule has 6 nitrogen and oxygen atoms in total. The summed E-state index contributed by atoms with van der Waals surface area (Å²) in [5.41, 5.74) is 0.597. The second-order valence-electron chi connectivity index (χ2n) is 5.73. The van der Waals surface area contributed by atoms with Gasteiger partial charge < -0.3 is 14.9 Å². The molecule has 1 amide bonds. The van der Waals surface area contributed by atoms with E-state index in [2.05, 4.69) is 13.8 Å². The number of carboxylic acid groups (broad SMARTS) is 1. The van der Waals surface area contributed by atoms with E-state index in [4.69, 9.17) is 9.84 Å². The largest absolute Gasteiger partial charge is 0.504 e. The van der Waals surface area contributed by atoms with E-state index in [9.17, 15) is 15.1 Å². The van der Waals surface area contributed by atoms with Gasteiger partial charge in [0.1, 0.15) is 0 Å². The first-order chi connectivity index (χ1) is 10.9. The number of hydrogen-bond acceptors (Lipinski definition) is 4. The molecule has 1 aromatic rings. The molecule has 2 unspecified atom stereocenters. The lowest BCUT2D eigenvalue weighted by Crippen LogP contribution is -2.31. The van der Waals surface area contributed by atoms with Crippen LogP contribution in [-0.4, -0.2) is 33.7 Å². The van der Waals surface area contributed by atoms with Crippen LogP contribution in [0.25, 0.3) is 0 Å². The number of nitrogens with zero attached hydrogens (tertiary/aromatic N) is 1. The van der Waals surface area contributed by atoms with Crippen LogP contribution in [0.4, 0.5) is 4.79 Å². The summed E-state index contributed by atoms with van der Waals surface area (Å²) < 4.78 is 5.07. The molecule has 1 rings (SSSR count). The van der Waals surface area contributed by atoms with Crippen molar-refractivity contribution in [2.45, 2.75) is 52.0 Å². The zero-order valence-electron chi connectivity index (χ0n) is 14.0. The van der Waals surface area contributed by atoms with Crippen LogP contribution in [0, 0.1) is 5.92 Å². The highest BCUT2D eigenvalue weighted by Gasteiger charge is 2.27. The number of amides is 1. The van der Waals surface area contributed by atoms with Crippen molar-refractivity contribution in [2.75, 3.05) is 7.11 Å². The third-order valence-electron chi connectivity index (χ3n) is 4.18. The zero-order valence-corrected chi connectivity index (χ0v) is 14.0. The number of hydrogen-bond donors (Lipinski definition) is 3. The van der Waals surface area contributed by atoms with Crippen molar-refractivity contribution in [3.8, 4) is 11.5 Å². The third-order valence-corrected chi connectivity index (χ3v) is 4.18. The van der Waals surface area contributed by atoms with E-state index in [0.717, 1.165) is 25.7 Å². The molecule has 1 aromatic carbocycles. The van der Waals surface area contributed by atoms with Crippen LogP contribution in [0.5, 0.6) is 11.5 Å². The summed E-state index contributed by atoms with van der Waals surface area (Å²) in [5, 5.41) is 29.2. The van der Waals surface area contributed by atoms with E-state index in [1.54, 1.807) is 12.1 Å². The number of benzene rings is 1. The molecule has 0 aliphatic heterocycles. The van der Waals surface area contributed by atoms with Crippen molar-refractivity contribution in [2.24, 2.45) is 5.92 Å². The van der Waals surface area contributed by atoms with Gasteiger partial charge >= 0.3 is 6.09 Å². The Bertz CT molecular complexity index is 506. The molecule has 2 atom stereocenters. The lowest BCUT2D eigenvalue weighted by molar-refractivity contribution is -0.104. The zero-order chi connectivity index (χ0) is 17.4. The maximum Gasteiger partial charge on any atom is 0.431 e. The van der Waals surface area contributed by atoms with Gasteiger partial charge in [0, 0.05) is 0 Å². The Morgan fingerprint density at radius 1 is 1.35 bits per heavy atom. The Hall–Kier alpha value is -1.95. The van der Waals surface area contributed by atoms with Crippen molar-refractivity contribution < 1.29 is 25.0 Å². The molecule has 130 valence electrons. The van der Waals surface area contributed by atoms with E-state index in [-0.39, 0.29) is 11.5 Å². The summed E-state index contributed by atoms with van der Waals surface area (Å²) in [4.78, 5) is 11.2. The highest BCUT2D eigenvalue weighted by atomic mass is 16.6. The van der Waals surface area contributed by atoms with Gasteiger partial charge in [0.15, 0.2) is 11.5 Å². The number of unbranched alkanes of at least 4 members (excludes halogenated alkanes) is 1. The van der Waals surface area contributed by atoms with Crippen LogP contribution in [0.2, 0.25) is 0 Å². The number of phenolic OH excluding ortho intramolecular Hbond substituents is 1. The average Bonchev–Trinajstić information content (AvgIpc) is 2.55. The highest BCUT2D eigenvalue weighted by Crippen LogP contribution is 2.35. The Kier molecular flexibility index (Phi) is 7.68. The predicted octanol–water partition coefficient (Wildman–Crippen LogP) is 4.42. The summed E-state index contributed by atoms with van der Waals surface area (Å²) in [6.07, 6.45) is 3.18. The maximum atomic E-state index is 11.2. The number of aromatic hydroxyl groups is 1. The van der Waals surface area contributed by atoms with Crippen molar-refractivity contribution in [3.63, 3.8) is 0 Å². The molecule has 0 aliphatic carbocycles. The summed E-state index contributed by atoms with van der Waals surface area (Å²) in [5.74, 6) is 0.550. The molecule has 0 heterocycles. The first-order valence-electron chi connectivity index (χ1n) is 8.02. The molecule has 0 radical (unpaired) electrons. The van der Waals surface area contributed by atoms with Crippen LogP contribution < -0.4 is 4.74 Å². The van der Waals surface area contributed by atoms with Gasteiger partial charge in [0.05, 0.1) is 13.2 Å². The molecule has 0 saturated heterocycles. The van der Waals surface area contributed by atoms with Crippen LogP contribution in [-0.2, 0) is 0 Å². The predicted molar refractivity (Wildman–Crippen MR) is 87.0 cm³/mol. The lowest BCUT2D eigenvalue weighted by Gasteiger charge is -2.28. The van der Waals surface area contributed by atoms with Crippen LogP contribution in [0.1, 0.15) is 57.6 Å². The number of phenols is 1. The quantitative estimate of drug-likeness (QED) is 0.462. The minimum atomic E-state index is -1.40. The fraction of sp³-hybridized carbons (Fsp3) is 0.588. The number of methoxy groups -OCH3 is 1. The third kappa shape index (κ3) is 5.32. The topological polar surface area (TPSA) is 90.2 Å². The Balaban J connectivity index is 3.07. The minimum absolute atomic E-state index is 0.0205. The fourth-order valence-corrected chi connectivity index (χ4v) is 2.71. The summed E-state index contributed by atoms with van der Waals surface area (Å²) in [7, 11) is 1.43. The van der Waals surface area contributed by atoms with Gasteiger partial charge in [-0.15, -0.1) is 0 Å². The van der Waals surface area contributed by atoms with Gasteiger partial charge in [0.2, 0.25) is 0 Å². The molecule has 3 N–H and O–H groups in total. The molecule has 0 aromatic heterocycles. The SMILES string of the molecule is CCCCC(CC)CC(c1ccc(O)c(OC)c1)N(O)C(=O)O. The number of ether oxygens (including phenoxy) is 1. The van der Waals surface area contributed by atoms with Gasteiger partial charge in [-0.3, -0.25) is 5.21 Å². The van der Waals surface area contributed by atoms with E-state index in [0.29, 0.717) is 23.0 Å². The van der Waals surface area contributed by atoms with E-state index in [1.165, 1.54) is 13.2 Å². The van der Waals surface area contributed by atoms with Crippen molar-refractivity contribution in [1.82, 2.24) is 5.06 Å². The maximum absolute atomic E-state index is 11.2. The molecular formula is C17H27NO5. The second-order valence-corrected chi connectivity index (χ2v) is 5.73.